The van der Waals surface area contributed by atoms with Gasteiger partial charge in [-0.25, -0.2) is 4.79 Å². The maximum Gasteiger partial charge on any atom is 0.412 e. The Kier molecular flexibility index (Phi) is 5.42. The molecule has 0 aliphatic carbocycles. The number of benzene rings is 1. The summed E-state index contributed by atoms with van der Waals surface area (Å²) in [6.45, 7) is 8.51. The largest absolute Gasteiger partial charge is 0.444 e. The van der Waals surface area contributed by atoms with E-state index in [0.717, 1.165) is 24.3 Å². The molecular formula is C20H25N3O3. The molecule has 26 heavy (non-hydrogen) atoms. The molecule has 1 aromatic heterocycles. The molecule has 0 radical (unpaired) electrons. The van der Waals surface area contributed by atoms with Crippen LogP contribution in [0.1, 0.15) is 20.8 Å². The molecule has 1 amide bonds. The van der Waals surface area contributed by atoms with Crippen LogP contribution in [0.3, 0.4) is 0 Å². The number of ether oxygens (including phenoxy) is 2. The van der Waals surface area contributed by atoms with E-state index in [4.69, 9.17) is 9.47 Å². The Labute approximate surface area is 154 Å². The van der Waals surface area contributed by atoms with Gasteiger partial charge in [0.05, 0.1) is 36.5 Å². The number of hydrogen-bond acceptors (Lipinski definition) is 5. The van der Waals surface area contributed by atoms with E-state index in [-0.39, 0.29) is 0 Å². The van der Waals surface area contributed by atoms with Crippen molar-refractivity contribution in [3.05, 3.63) is 42.6 Å². The van der Waals surface area contributed by atoms with Gasteiger partial charge in [-0.05, 0) is 26.8 Å². The van der Waals surface area contributed by atoms with Crippen LogP contribution in [-0.2, 0) is 9.47 Å². The van der Waals surface area contributed by atoms with Crippen molar-refractivity contribution in [1.82, 2.24) is 4.98 Å². The Morgan fingerprint density at radius 3 is 2.54 bits per heavy atom. The van der Waals surface area contributed by atoms with Gasteiger partial charge in [0.25, 0.3) is 0 Å². The number of pyridine rings is 1. The minimum absolute atomic E-state index is 0.490. The second-order valence-corrected chi connectivity index (χ2v) is 7.18. The van der Waals surface area contributed by atoms with Gasteiger partial charge in [-0.3, -0.25) is 10.3 Å². The molecule has 6 heteroatoms. The summed E-state index contributed by atoms with van der Waals surface area (Å²) in [4.78, 5) is 19.1. The highest BCUT2D eigenvalue weighted by atomic mass is 16.6. The fraction of sp³-hybridized carbons (Fsp3) is 0.400. The molecule has 1 N–H and O–H groups in total. The number of hydrogen-bond donors (Lipinski definition) is 1. The highest BCUT2D eigenvalue weighted by molar-refractivity contribution is 5.91. The first-order valence-corrected chi connectivity index (χ1v) is 8.80. The van der Waals surface area contributed by atoms with Crippen LogP contribution in [0.2, 0.25) is 0 Å². The van der Waals surface area contributed by atoms with Gasteiger partial charge in [0.2, 0.25) is 0 Å². The van der Waals surface area contributed by atoms with Crippen LogP contribution in [0.25, 0.3) is 11.3 Å². The average molecular weight is 355 g/mol. The smallest absolute Gasteiger partial charge is 0.412 e. The molecule has 2 heterocycles. The number of rotatable bonds is 3. The predicted molar refractivity (Wildman–Crippen MR) is 103 cm³/mol. The van der Waals surface area contributed by atoms with Crippen LogP contribution >= 0.6 is 0 Å². The van der Waals surface area contributed by atoms with Gasteiger partial charge in [0, 0.05) is 18.7 Å². The van der Waals surface area contributed by atoms with E-state index in [9.17, 15) is 4.79 Å². The quantitative estimate of drug-likeness (QED) is 0.904. The lowest BCUT2D eigenvalue weighted by molar-refractivity contribution is 0.0636. The minimum Gasteiger partial charge on any atom is -0.444 e. The first kappa shape index (κ1) is 18.2. The molecule has 0 saturated carbocycles. The van der Waals surface area contributed by atoms with Crippen molar-refractivity contribution in [2.45, 2.75) is 26.4 Å². The van der Waals surface area contributed by atoms with E-state index >= 15 is 0 Å². The lowest BCUT2D eigenvalue weighted by atomic mass is 10.1. The second kappa shape index (κ2) is 7.74. The maximum atomic E-state index is 12.3. The fourth-order valence-corrected chi connectivity index (χ4v) is 2.78. The summed E-state index contributed by atoms with van der Waals surface area (Å²) in [7, 11) is 0. The van der Waals surface area contributed by atoms with Crippen molar-refractivity contribution in [3.63, 3.8) is 0 Å². The van der Waals surface area contributed by atoms with E-state index < -0.39 is 11.7 Å². The Morgan fingerprint density at radius 1 is 1.19 bits per heavy atom. The molecular weight excluding hydrogens is 330 g/mol. The third kappa shape index (κ3) is 4.73. The summed E-state index contributed by atoms with van der Waals surface area (Å²) < 4.78 is 10.8. The number of nitrogens with one attached hydrogen (secondary N) is 1. The molecule has 0 atom stereocenters. The second-order valence-electron chi connectivity index (χ2n) is 7.18. The number of amides is 1. The van der Waals surface area contributed by atoms with Crippen molar-refractivity contribution in [2.24, 2.45) is 0 Å². The molecule has 1 aliphatic rings. The monoisotopic (exact) mass is 355 g/mol. The average Bonchev–Trinajstić information content (AvgIpc) is 2.61. The van der Waals surface area contributed by atoms with Crippen LogP contribution in [0.15, 0.2) is 42.6 Å². The van der Waals surface area contributed by atoms with Crippen LogP contribution in [-0.4, -0.2) is 43.0 Å². The molecule has 0 unspecified atom stereocenters. The van der Waals surface area contributed by atoms with Gasteiger partial charge >= 0.3 is 6.09 Å². The fourth-order valence-electron chi connectivity index (χ4n) is 2.78. The zero-order valence-electron chi connectivity index (χ0n) is 15.5. The standard InChI is InChI=1S/C20H25N3O3/c1-20(2,3)26-19(24)22-17-13-16(23-9-11-25-12-10-23)14-21-18(17)15-7-5-4-6-8-15/h4-8,13-14H,9-12H2,1-3H3,(H,22,24). The Hall–Kier alpha value is -2.60. The van der Waals surface area contributed by atoms with Crippen LogP contribution in [0.5, 0.6) is 0 Å². The first-order chi connectivity index (χ1) is 12.4. The highest BCUT2D eigenvalue weighted by Crippen LogP contribution is 2.30. The number of carbonyl (C=O) groups is 1. The zero-order chi connectivity index (χ0) is 18.6. The number of morpholine rings is 1. The Morgan fingerprint density at radius 2 is 1.88 bits per heavy atom. The van der Waals surface area contributed by atoms with Gasteiger partial charge in [0.15, 0.2) is 0 Å². The number of nitrogens with zero attached hydrogens (tertiary/aromatic N) is 2. The molecule has 1 fully saturated rings. The van der Waals surface area contributed by atoms with Crippen molar-refractivity contribution < 1.29 is 14.3 Å². The normalized spacial score (nSPS) is 14.8. The van der Waals surface area contributed by atoms with Crippen LogP contribution in [0, 0.1) is 0 Å². The molecule has 0 spiro atoms. The summed E-state index contributed by atoms with van der Waals surface area (Å²) in [6.07, 6.45) is 1.35. The van der Waals surface area contributed by atoms with Crippen LogP contribution < -0.4 is 10.2 Å². The minimum atomic E-state index is -0.563. The summed E-state index contributed by atoms with van der Waals surface area (Å²) in [5.74, 6) is 0. The van der Waals surface area contributed by atoms with E-state index in [1.54, 1.807) is 0 Å². The molecule has 1 aliphatic heterocycles. The SMILES string of the molecule is CC(C)(C)OC(=O)Nc1cc(N2CCOCC2)cnc1-c1ccccc1. The zero-order valence-corrected chi connectivity index (χ0v) is 15.5. The van der Waals surface area contributed by atoms with E-state index in [0.29, 0.717) is 24.6 Å². The summed E-state index contributed by atoms with van der Waals surface area (Å²) in [5.41, 5.74) is 2.68. The van der Waals surface area contributed by atoms with E-state index in [1.165, 1.54) is 0 Å². The molecule has 0 bridgehead atoms. The predicted octanol–water partition coefficient (Wildman–Crippen LogP) is 3.93. The number of aromatic nitrogens is 1. The third-order valence-corrected chi connectivity index (χ3v) is 3.93. The van der Waals surface area contributed by atoms with Gasteiger partial charge in [-0.15, -0.1) is 0 Å². The van der Waals surface area contributed by atoms with Gasteiger partial charge in [-0.2, -0.15) is 0 Å². The van der Waals surface area contributed by atoms with Crippen molar-refractivity contribution in [1.29, 1.82) is 0 Å². The summed E-state index contributed by atoms with van der Waals surface area (Å²) in [5, 5.41) is 2.86. The lowest BCUT2D eigenvalue weighted by Gasteiger charge is -2.29. The highest BCUT2D eigenvalue weighted by Gasteiger charge is 2.20. The molecule has 1 saturated heterocycles. The van der Waals surface area contributed by atoms with Crippen molar-refractivity contribution >= 4 is 17.5 Å². The van der Waals surface area contributed by atoms with Gasteiger partial charge < -0.3 is 14.4 Å². The first-order valence-electron chi connectivity index (χ1n) is 8.80. The topological polar surface area (TPSA) is 63.7 Å². The number of carbonyl (C=O) groups excluding carboxylic acids is 1. The maximum absolute atomic E-state index is 12.3. The van der Waals surface area contributed by atoms with Crippen LogP contribution in [0.4, 0.5) is 16.2 Å². The third-order valence-electron chi connectivity index (χ3n) is 3.93. The molecule has 6 nitrogen and oxygen atoms in total. The van der Waals surface area contributed by atoms with Gasteiger partial charge in [0.1, 0.15) is 5.60 Å². The molecule has 138 valence electrons. The van der Waals surface area contributed by atoms with E-state index in [2.05, 4.69) is 15.2 Å². The molecule has 3 rings (SSSR count). The van der Waals surface area contributed by atoms with E-state index in [1.807, 2.05) is 63.4 Å². The lowest BCUT2D eigenvalue weighted by Crippen LogP contribution is -2.36. The van der Waals surface area contributed by atoms with Crippen molar-refractivity contribution in [3.8, 4) is 11.3 Å². The summed E-state index contributed by atoms with van der Waals surface area (Å²) in [6, 6.07) is 11.7. The molecule has 1 aromatic carbocycles. The molecule has 2 aromatic rings. The number of anilines is 2. The Bertz CT molecular complexity index is 751. The Balaban J connectivity index is 1.92. The van der Waals surface area contributed by atoms with Gasteiger partial charge in [-0.1, -0.05) is 30.3 Å². The van der Waals surface area contributed by atoms with Crippen molar-refractivity contribution in [2.75, 3.05) is 36.5 Å². The summed E-state index contributed by atoms with van der Waals surface area (Å²) >= 11 is 0.